The number of nitriles is 1. The molecule has 0 bridgehead atoms. The first kappa shape index (κ1) is 15.8. The van der Waals surface area contributed by atoms with Crippen LogP contribution in [-0.4, -0.2) is 21.5 Å². The molecule has 3 nitrogen and oxygen atoms in total. The van der Waals surface area contributed by atoms with Crippen molar-refractivity contribution in [3.05, 3.63) is 35.1 Å². The van der Waals surface area contributed by atoms with Gasteiger partial charge in [-0.2, -0.15) is 5.26 Å². The summed E-state index contributed by atoms with van der Waals surface area (Å²) in [7, 11) is -1.56. The maximum Gasteiger partial charge on any atom is 0.183 e. The van der Waals surface area contributed by atoms with Gasteiger partial charge in [0.25, 0.3) is 0 Å². The van der Waals surface area contributed by atoms with Crippen molar-refractivity contribution in [2.24, 2.45) is 0 Å². The summed E-state index contributed by atoms with van der Waals surface area (Å²) >= 11 is 0. The number of nitrogens with zero attached hydrogens (tertiary/aromatic N) is 1. The Hall–Kier alpha value is -1.22. The standard InChI is InChI=1S/C14H20FNO2Si/c1-11-12(6-5-7-13(11)15)14(10-16)17-8-9-18-19(2,3)4/h5-7,14H,8-9H2,1-4H3. The molecule has 0 amide bonds. The van der Waals surface area contributed by atoms with Gasteiger partial charge in [-0.05, 0) is 38.2 Å². The molecule has 19 heavy (non-hydrogen) atoms. The van der Waals surface area contributed by atoms with Crippen molar-refractivity contribution in [1.29, 1.82) is 5.26 Å². The Morgan fingerprint density at radius 2 is 2.00 bits per heavy atom. The highest BCUT2D eigenvalue weighted by atomic mass is 28.4. The third-order valence-electron chi connectivity index (χ3n) is 2.61. The van der Waals surface area contributed by atoms with E-state index >= 15 is 0 Å². The van der Waals surface area contributed by atoms with Gasteiger partial charge in [-0.3, -0.25) is 0 Å². The molecular weight excluding hydrogens is 261 g/mol. The van der Waals surface area contributed by atoms with E-state index in [4.69, 9.17) is 14.4 Å². The van der Waals surface area contributed by atoms with Crippen LogP contribution < -0.4 is 0 Å². The van der Waals surface area contributed by atoms with Crippen LogP contribution in [-0.2, 0) is 9.16 Å². The van der Waals surface area contributed by atoms with E-state index in [-0.39, 0.29) is 5.82 Å². The zero-order valence-corrected chi connectivity index (χ0v) is 12.9. The van der Waals surface area contributed by atoms with Gasteiger partial charge in [0.1, 0.15) is 5.82 Å². The summed E-state index contributed by atoms with van der Waals surface area (Å²) < 4.78 is 24.6. The van der Waals surface area contributed by atoms with Crippen LogP contribution >= 0.6 is 0 Å². The Morgan fingerprint density at radius 3 is 2.58 bits per heavy atom. The fourth-order valence-corrected chi connectivity index (χ4v) is 2.31. The van der Waals surface area contributed by atoms with Gasteiger partial charge in [0, 0.05) is 5.56 Å². The van der Waals surface area contributed by atoms with E-state index < -0.39 is 14.4 Å². The molecule has 1 atom stereocenters. The summed E-state index contributed by atoms with van der Waals surface area (Å²) in [5, 5.41) is 9.12. The van der Waals surface area contributed by atoms with E-state index in [9.17, 15) is 4.39 Å². The molecule has 0 fully saturated rings. The van der Waals surface area contributed by atoms with Crippen molar-refractivity contribution in [3.8, 4) is 6.07 Å². The lowest BCUT2D eigenvalue weighted by Gasteiger charge is -2.18. The number of halogens is 1. The van der Waals surface area contributed by atoms with Gasteiger partial charge < -0.3 is 9.16 Å². The van der Waals surface area contributed by atoms with E-state index in [1.54, 1.807) is 19.1 Å². The first-order chi connectivity index (χ1) is 8.85. The monoisotopic (exact) mass is 281 g/mol. The minimum absolute atomic E-state index is 0.320. The van der Waals surface area contributed by atoms with Gasteiger partial charge in [0.15, 0.2) is 14.4 Å². The highest BCUT2D eigenvalue weighted by Gasteiger charge is 2.17. The van der Waals surface area contributed by atoms with Crippen LogP contribution in [0.4, 0.5) is 4.39 Å². The quantitative estimate of drug-likeness (QED) is 0.591. The second-order valence-electron chi connectivity index (χ2n) is 5.29. The van der Waals surface area contributed by atoms with Crippen molar-refractivity contribution in [2.45, 2.75) is 32.7 Å². The molecule has 104 valence electrons. The van der Waals surface area contributed by atoms with E-state index in [1.165, 1.54) is 6.07 Å². The van der Waals surface area contributed by atoms with E-state index in [1.807, 2.05) is 0 Å². The molecule has 1 aromatic rings. The van der Waals surface area contributed by atoms with Gasteiger partial charge in [-0.1, -0.05) is 12.1 Å². The second kappa shape index (κ2) is 6.80. The predicted molar refractivity (Wildman–Crippen MR) is 74.7 cm³/mol. The van der Waals surface area contributed by atoms with Crippen LogP contribution in [0.1, 0.15) is 17.2 Å². The normalized spacial score (nSPS) is 13.1. The van der Waals surface area contributed by atoms with Crippen molar-refractivity contribution in [2.75, 3.05) is 13.2 Å². The first-order valence-corrected chi connectivity index (χ1v) is 9.66. The van der Waals surface area contributed by atoms with E-state index in [0.717, 1.165) is 0 Å². The fourth-order valence-electron chi connectivity index (χ4n) is 1.62. The number of hydrogen-bond donors (Lipinski definition) is 0. The number of benzene rings is 1. The minimum Gasteiger partial charge on any atom is -0.415 e. The van der Waals surface area contributed by atoms with Crippen LogP contribution in [0.5, 0.6) is 0 Å². The van der Waals surface area contributed by atoms with Crippen molar-refractivity contribution < 1.29 is 13.6 Å². The minimum atomic E-state index is -1.56. The van der Waals surface area contributed by atoms with Gasteiger partial charge in [-0.15, -0.1) is 0 Å². The molecule has 0 aromatic heterocycles. The van der Waals surface area contributed by atoms with Crippen LogP contribution in [0.3, 0.4) is 0 Å². The summed E-state index contributed by atoms with van der Waals surface area (Å²) in [5.41, 5.74) is 1.04. The Balaban J connectivity index is 2.60. The number of rotatable bonds is 6. The molecule has 0 heterocycles. The molecule has 0 radical (unpaired) electrons. The van der Waals surface area contributed by atoms with Crippen LogP contribution in [0.2, 0.25) is 19.6 Å². The Morgan fingerprint density at radius 1 is 1.32 bits per heavy atom. The molecule has 0 aliphatic carbocycles. The average molecular weight is 281 g/mol. The smallest absolute Gasteiger partial charge is 0.183 e. The number of hydrogen-bond acceptors (Lipinski definition) is 3. The highest BCUT2D eigenvalue weighted by molar-refractivity contribution is 6.69. The SMILES string of the molecule is Cc1c(F)cccc1C(C#N)OCCO[Si](C)(C)C. The van der Waals surface area contributed by atoms with Gasteiger partial charge in [0.05, 0.1) is 19.3 Å². The van der Waals surface area contributed by atoms with Gasteiger partial charge in [0.2, 0.25) is 0 Å². The van der Waals surface area contributed by atoms with Crippen LogP contribution in [0, 0.1) is 24.1 Å². The maximum absolute atomic E-state index is 13.4. The van der Waals surface area contributed by atoms with E-state index in [0.29, 0.717) is 24.3 Å². The zero-order chi connectivity index (χ0) is 14.5. The molecule has 0 saturated heterocycles. The Bertz CT molecular complexity index is 465. The topological polar surface area (TPSA) is 42.2 Å². The zero-order valence-electron chi connectivity index (χ0n) is 11.9. The molecule has 5 heteroatoms. The third-order valence-corrected chi connectivity index (χ3v) is 3.68. The molecular formula is C14H20FNO2Si. The fraction of sp³-hybridized carbons (Fsp3) is 0.500. The summed E-state index contributed by atoms with van der Waals surface area (Å²) in [4.78, 5) is 0. The molecule has 1 aromatic carbocycles. The molecule has 0 aliphatic rings. The number of ether oxygens (including phenoxy) is 1. The molecule has 0 saturated carbocycles. The summed E-state index contributed by atoms with van der Waals surface area (Å²) in [5.74, 6) is -0.320. The van der Waals surface area contributed by atoms with Crippen molar-refractivity contribution in [3.63, 3.8) is 0 Å². The molecule has 1 unspecified atom stereocenters. The lowest BCUT2D eigenvalue weighted by atomic mass is 10.0. The Labute approximate surface area is 115 Å². The predicted octanol–water partition coefficient (Wildman–Crippen LogP) is 3.57. The molecule has 0 spiro atoms. The third kappa shape index (κ3) is 5.11. The molecule has 1 rings (SSSR count). The largest absolute Gasteiger partial charge is 0.415 e. The summed E-state index contributed by atoms with van der Waals surface area (Å²) in [6.07, 6.45) is -0.749. The lowest BCUT2D eigenvalue weighted by Crippen LogP contribution is -2.27. The molecule has 0 aliphatic heterocycles. The van der Waals surface area contributed by atoms with Gasteiger partial charge >= 0.3 is 0 Å². The van der Waals surface area contributed by atoms with Crippen LogP contribution in [0.15, 0.2) is 18.2 Å². The molecule has 0 N–H and O–H groups in total. The lowest BCUT2D eigenvalue weighted by molar-refractivity contribution is 0.0621. The van der Waals surface area contributed by atoms with Crippen LogP contribution in [0.25, 0.3) is 0 Å². The summed E-state index contributed by atoms with van der Waals surface area (Å²) in [6, 6.07) is 6.73. The Kier molecular flexibility index (Phi) is 5.67. The second-order valence-corrected chi connectivity index (χ2v) is 9.81. The van der Waals surface area contributed by atoms with Gasteiger partial charge in [-0.25, -0.2) is 4.39 Å². The average Bonchev–Trinajstić information content (AvgIpc) is 2.32. The van der Waals surface area contributed by atoms with Crippen molar-refractivity contribution in [1.82, 2.24) is 0 Å². The maximum atomic E-state index is 13.4. The van der Waals surface area contributed by atoms with E-state index in [2.05, 4.69) is 25.7 Å². The first-order valence-electron chi connectivity index (χ1n) is 6.25. The van der Waals surface area contributed by atoms with Crippen molar-refractivity contribution >= 4 is 8.32 Å². The highest BCUT2D eigenvalue weighted by Crippen LogP contribution is 2.22. The summed E-state index contributed by atoms with van der Waals surface area (Å²) in [6.45, 7) is 8.71.